The van der Waals surface area contributed by atoms with E-state index in [2.05, 4.69) is 23.5 Å². The molecule has 2 unspecified atom stereocenters. The Hall–Kier alpha value is -1.59. The summed E-state index contributed by atoms with van der Waals surface area (Å²) in [6.07, 6.45) is 0.483. The van der Waals surface area contributed by atoms with Gasteiger partial charge in [-0.05, 0) is 29.7 Å². The zero-order chi connectivity index (χ0) is 15.9. The first-order chi connectivity index (χ1) is 11.3. The van der Waals surface area contributed by atoms with E-state index < -0.39 is 6.10 Å². The number of aliphatic hydroxyl groups is 1. The van der Waals surface area contributed by atoms with Gasteiger partial charge in [0.25, 0.3) is 0 Å². The van der Waals surface area contributed by atoms with Gasteiger partial charge < -0.3 is 19.9 Å². The van der Waals surface area contributed by atoms with Gasteiger partial charge in [-0.25, -0.2) is 0 Å². The van der Waals surface area contributed by atoms with E-state index in [4.69, 9.17) is 9.47 Å². The number of aliphatic hydroxyl groups excluding tert-OH is 1. The zero-order valence-corrected chi connectivity index (χ0v) is 14.4. The molecule has 130 valence electrons. The highest BCUT2D eigenvalue weighted by Gasteiger charge is 2.20. The fourth-order valence-electron chi connectivity index (χ4n) is 2.79. The summed E-state index contributed by atoms with van der Waals surface area (Å²) in [6, 6.07) is 17.9. The maximum atomic E-state index is 10.0. The molecule has 0 fully saturated rings. The van der Waals surface area contributed by atoms with Crippen LogP contribution in [0.4, 0.5) is 0 Å². The van der Waals surface area contributed by atoms with Crippen molar-refractivity contribution in [1.29, 1.82) is 0 Å². The number of ether oxygens (including phenoxy) is 2. The van der Waals surface area contributed by atoms with Crippen molar-refractivity contribution in [3.63, 3.8) is 0 Å². The lowest BCUT2D eigenvalue weighted by Crippen LogP contribution is -2.35. The average molecular weight is 350 g/mol. The Labute approximate surface area is 149 Å². The molecular weight excluding hydrogens is 326 g/mol. The number of para-hydroxylation sites is 1. The van der Waals surface area contributed by atoms with Gasteiger partial charge in [-0.15, -0.1) is 12.4 Å². The van der Waals surface area contributed by atoms with Crippen LogP contribution in [0, 0.1) is 0 Å². The molecule has 4 nitrogen and oxygen atoms in total. The molecule has 2 aromatic carbocycles. The van der Waals surface area contributed by atoms with Gasteiger partial charge in [-0.1, -0.05) is 42.5 Å². The van der Waals surface area contributed by atoms with E-state index in [0.29, 0.717) is 13.1 Å². The molecule has 3 rings (SSSR count). The van der Waals surface area contributed by atoms with Gasteiger partial charge in [-0.3, -0.25) is 0 Å². The smallest absolute Gasteiger partial charge is 0.119 e. The number of hydrogen-bond acceptors (Lipinski definition) is 4. The Morgan fingerprint density at radius 1 is 1.12 bits per heavy atom. The molecule has 1 aliphatic rings. The number of fused-ring (bicyclic) bond motifs is 1. The van der Waals surface area contributed by atoms with Crippen LogP contribution >= 0.6 is 12.4 Å². The molecular formula is C19H24ClNO3. The first-order valence-corrected chi connectivity index (χ1v) is 8.09. The summed E-state index contributed by atoms with van der Waals surface area (Å²) in [6.45, 7) is 2.20. The van der Waals surface area contributed by atoms with Gasteiger partial charge in [0.15, 0.2) is 0 Å². The van der Waals surface area contributed by atoms with E-state index in [0.717, 1.165) is 18.8 Å². The van der Waals surface area contributed by atoms with Crippen LogP contribution in [0.2, 0.25) is 0 Å². The highest BCUT2D eigenvalue weighted by Crippen LogP contribution is 2.26. The minimum absolute atomic E-state index is 0. The van der Waals surface area contributed by atoms with Crippen LogP contribution in [0.25, 0.3) is 0 Å². The number of benzene rings is 2. The average Bonchev–Trinajstić information content (AvgIpc) is 2.61. The Balaban J connectivity index is 0.00000208. The Morgan fingerprint density at radius 2 is 1.88 bits per heavy atom. The first kappa shape index (κ1) is 18.7. The van der Waals surface area contributed by atoms with Crippen molar-refractivity contribution >= 4 is 12.4 Å². The second-order valence-corrected chi connectivity index (χ2v) is 5.74. The van der Waals surface area contributed by atoms with Crippen LogP contribution in [0.1, 0.15) is 17.2 Å². The van der Waals surface area contributed by atoms with Crippen LogP contribution in [0.5, 0.6) is 5.75 Å². The fourth-order valence-corrected chi connectivity index (χ4v) is 2.79. The summed E-state index contributed by atoms with van der Waals surface area (Å²) in [5.74, 6) is 0.774. The predicted molar refractivity (Wildman–Crippen MR) is 96.9 cm³/mol. The predicted octanol–water partition coefficient (Wildman–Crippen LogP) is 2.75. The van der Waals surface area contributed by atoms with Crippen molar-refractivity contribution in [2.75, 3.05) is 26.3 Å². The minimum Gasteiger partial charge on any atom is -0.491 e. The summed E-state index contributed by atoms with van der Waals surface area (Å²) >= 11 is 0. The molecule has 0 saturated heterocycles. The fraction of sp³-hybridized carbons (Fsp3) is 0.368. The number of nitrogens with one attached hydrogen (secondary N) is 1. The molecule has 0 spiro atoms. The lowest BCUT2D eigenvalue weighted by Gasteiger charge is -2.26. The second kappa shape index (κ2) is 9.64. The highest BCUT2D eigenvalue weighted by molar-refractivity contribution is 5.85. The molecule has 24 heavy (non-hydrogen) atoms. The Bertz CT molecular complexity index is 609. The highest BCUT2D eigenvalue weighted by atomic mass is 35.5. The van der Waals surface area contributed by atoms with Crippen LogP contribution in [-0.2, 0) is 11.2 Å². The number of rotatable bonds is 7. The van der Waals surface area contributed by atoms with E-state index in [9.17, 15) is 5.11 Å². The van der Waals surface area contributed by atoms with Crippen molar-refractivity contribution in [1.82, 2.24) is 5.32 Å². The minimum atomic E-state index is -0.547. The topological polar surface area (TPSA) is 50.7 Å². The lowest BCUT2D eigenvalue weighted by atomic mass is 9.97. The van der Waals surface area contributed by atoms with E-state index in [-0.39, 0.29) is 25.1 Å². The van der Waals surface area contributed by atoms with Crippen molar-refractivity contribution in [2.24, 2.45) is 0 Å². The standard InChI is InChI=1S/C19H23NO3.ClH/c21-16(14-23-17-7-2-1-3-8-17)12-20-13-19-18-9-5-4-6-15(18)10-11-22-19;/h1-9,16,19-21H,10-14H2;1H. The largest absolute Gasteiger partial charge is 0.491 e. The summed E-state index contributed by atoms with van der Waals surface area (Å²) in [5, 5.41) is 13.3. The molecule has 2 N–H and O–H groups in total. The van der Waals surface area contributed by atoms with Gasteiger partial charge >= 0.3 is 0 Å². The normalized spacial score (nSPS) is 17.5. The van der Waals surface area contributed by atoms with Crippen LogP contribution < -0.4 is 10.1 Å². The molecule has 1 aliphatic heterocycles. The third-order valence-electron chi connectivity index (χ3n) is 3.99. The number of halogens is 1. The third-order valence-corrected chi connectivity index (χ3v) is 3.99. The van der Waals surface area contributed by atoms with E-state index in [1.807, 2.05) is 36.4 Å². The molecule has 2 aromatic rings. The molecule has 0 bridgehead atoms. The SMILES string of the molecule is Cl.OC(CNCC1OCCc2ccccc21)COc1ccccc1. The van der Waals surface area contributed by atoms with E-state index in [1.54, 1.807) is 0 Å². The van der Waals surface area contributed by atoms with Gasteiger partial charge in [0.05, 0.1) is 12.7 Å². The molecule has 5 heteroatoms. The van der Waals surface area contributed by atoms with Crippen molar-refractivity contribution in [3.8, 4) is 5.75 Å². The maximum absolute atomic E-state index is 10.0. The van der Waals surface area contributed by atoms with Gasteiger partial charge in [-0.2, -0.15) is 0 Å². The molecule has 1 heterocycles. The van der Waals surface area contributed by atoms with Crippen molar-refractivity contribution in [3.05, 3.63) is 65.7 Å². The third kappa shape index (κ3) is 5.21. The molecule has 0 amide bonds. The van der Waals surface area contributed by atoms with Gasteiger partial charge in [0, 0.05) is 13.1 Å². The zero-order valence-electron chi connectivity index (χ0n) is 13.6. The van der Waals surface area contributed by atoms with E-state index >= 15 is 0 Å². The molecule has 0 radical (unpaired) electrons. The molecule has 2 atom stereocenters. The van der Waals surface area contributed by atoms with Gasteiger partial charge in [0.1, 0.15) is 18.5 Å². The lowest BCUT2D eigenvalue weighted by molar-refractivity contribution is 0.0380. The van der Waals surface area contributed by atoms with E-state index in [1.165, 1.54) is 11.1 Å². The monoisotopic (exact) mass is 349 g/mol. The van der Waals surface area contributed by atoms with Crippen molar-refractivity contribution in [2.45, 2.75) is 18.6 Å². The van der Waals surface area contributed by atoms with Crippen LogP contribution in [0.3, 0.4) is 0 Å². The maximum Gasteiger partial charge on any atom is 0.119 e. The Morgan fingerprint density at radius 3 is 2.71 bits per heavy atom. The molecule has 0 saturated carbocycles. The first-order valence-electron chi connectivity index (χ1n) is 8.09. The summed E-state index contributed by atoms with van der Waals surface area (Å²) < 4.78 is 11.4. The summed E-state index contributed by atoms with van der Waals surface area (Å²) in [4.78, 5) is 0. The van der Waals surface area contributed by atoms with Crippen molar-refractivity contribution < 1.29 is 14.6 Å². The van der Waals surface area contributed by atoms with Gasteiger partial charge in [0.2, 0.25) is 0 Å². The molecule has 0 aliphatic carbocycles. The second-order valence-electron chi connectivity index (χ2n) is 5.74. The summed E-state index contributed by atoms with van der Waals surface area (Å²) in [7, 11) is 0. The Kier molecular flexibility index (Phi) is 7.53. The number of hydrogen-bond donors (Lipinski definition) is 2. The van der Waals surface area contributed by atoms with Crippen LogP contribution in [-0.4, -0.2) is 37.5 Å². The quantitative estimate of drug-likeness (QED) is 0.807. The molecule has 0 aromatic heterocycles. The summed E-state index contributed by atoms with van der Waals surface area (Å²) in [5.41, 5.74) is 2.61. The van der Waals surface area contributed by atoms with Crippen LogP contribution in [0.15, 0.2) is 54.6 Å².